The van der Waals surface area contributed by atoms with E-state index in [0.717, 1.165) is 16.7 Å². The van der Waals surface area contributed by atoms with Gasteiger partial charge in [0.1, 0.15) is 29.8 Å². The maximum atomic E-state index is 14.2. The molecule has 0 spiro atoms. The van der Waals surface area contributed by atoms with Crippen molar-refractivity contribution in [1.29, 1.82) is 0 Å². The lowest BCUT2D eigenvalue weighted by Crippen LogP contribution is -2.53. The first-order chi connectivity index (χ1) is 19.4. The van der Waals surface area contributed by atoms with Gasteiger partial charge in [-0.05, 0) is 91.5 Å². The van der Waals surface area contributed by atoms with Crippen molar-refractivity contribution in [2.75, 3.05) is 6.54 Å². The lowest BCUT2D eigenvalue weighted by atomic mass is 9.97. The predicted octanol–water partition coefficient (Wildman–Crippen LogP) is 5.18. The molecule has 2 aromatic carbocycles. The van der Waals surface area contributed by atoms with E-state index in [9.17, 15) is 19.2 Å². The van der Waals surface area contributed by atoms with E-state index >= 15 is 0 Å². The highest BCUT2D eigenvalue weighted by atomic mass is 16.6. The van der Waals surface area contributed by atoms with Crippen molar-refractivity contribution in [2.45, 2.75) is 105 Å². The fourth-order valence-electron chi connectivity index (χ4n) is 4.32. The van der Waals surface area contributed by atoms with E-state index in [-0.39, 0.29) is 13.0 Å². The quantitative estimate of drug-likeness (QED) is 0.374. The second kappa shape index (κ2) is 14.3. The minimum atomic E-state index is -1.09. The molecule has 9 heteroatoms. The van der Waals surface area contributed by atoms with Crippen LogP contribution in [0.1, 0.15) is 83.7 Å². The van der Waals surface area contributed by atoms with Gasteiger partial charge in [-0.15, -0.1) is 0 Å². The summed E-state index contributed by atoms with van der Waals surface area (Å²) in [6.07, 6.45) is -0.531. The Hall–Kier alpha value is -3.88. The molecule has 230 valence electrons. The van der Waals surface area contributed by atoms with Crippen LogP contribution < -0.4 is 10.6 Å². The fourth-order valence-corrected chi connectivity index (χ4v) is 4.32. The Labute approximate surface area is 250 Å². The molecule has 2 aromatic rings. The normalized spacial score (nSPS) is 13.1. The molecule has 0 aliphatic heterocycles. The van der Waals surface area contributed by atoms with Gasteiger partial charge in [0.15, 0.2) is 0 Å². The maximum Gasteiger partial charge on any atom is 0.408 e. The molecule has 0 bridgehead atoms. The molecule has 0 heterocycles. The number of ether oxygens (including phenoxy) is 2. The van der Waals surface area contributed by atoms with Crippen LogP contribution >= 0.6 is 0 Å². The third kappa shape index (κ3) is 10.8. The fraction of sp³-hybridized carbons (Fsp3) is 0.515. The Kier molecular flexibility index (Phi) is 11.7. The van der Waals surface area contributed by atoms with Gasteiger partial charge in [0.25, 0.3) is 0 Å². The van der Waals surface area contributed by atoms with Crippen LogP contribution in [0.2, 0.25) is 0 Å². The molecule has 2 unspecified atom stereocenters. The third-order valence-electron chi connectivity index (χ3n) is 6.29. The number of nitrogens with zero attached hydrogens (tertiary/aromatic N) is 1. The summed E-state index contributed by atoms with van der Waals surface area (Å²) >= 11 is 0. The lowest BCUT2D eigenvalue weighted by molar-refractivity contribution is -0.159. The minimum absolute atomic E-state index is 0.205. The summed E-state index contributed by atoms with van der Waals surface area (Å²) in [6, 6.07) is 12.4. The van der Waals surface area contributed by atoms with Gasteiger partial charge in [-0.1, -0.05) is 48.5 Å². The molecule has 0 radical (unpaired) electrons. The van der Waals surface area contributed by atoms with Gasteiger partial charge in [0.05, 0.1) is 0 Å². The second-order valence-corrected chi connectivity index (χ2v) is 12.8. The summed E-state index contributed by atoms with van der Waals surface area (Å²) in [5.41, 5.74) is 1.90. The summed E-state index contributed by atoms with van der Waals surface area (Å²) < 4.78 is 10.9. The number of aryl methyl sites for hydroxylation is 2. The van der Waals surface area contributed by atoms with Gasteiger partial charge >= 0.3 is 12.1 Å². The van der Waals surface area contributed by atoms with Crippen LogP contribution in [0.25, 0.3) is 0 Å². The monoisotopic (exact) mass is 581 g/mol. The maximum absolute atomic E-state index is 14.2. The van der Waals surface area contributed by atoms with E-state index in [1.54, 1.807) is 61.5 Å². The van der Waals surface area contributed by atoms with Crippen LogP contribution in [0.4, 0.5) is 4.79 Å². The molecule has 0 saturated carbocycles. The average Bonchev–Trinajstić information content (AvgIpc) is 2.85. The summed E-state index contributed by atoms with van der Waals surface area (Å²) in [7, 11) is 0. The van der Waals surface area contributed by atoms with Crippen molar-refractivity contribution in [3.63, 3.8) is 0 Å². The van der Waals surface area contributed by atoms with E-state index in [2.05, 4.69) is 10.6 Å². The molecule has 2 atom stereocenters. The van der Waals surface area contributed by atoms with Crippen LogP contribution in [0, 0.1) is 13.8 Å². The standard InChI is InChI=1S/C33H47N3O6/c1-21(2)36(27(37)20-34-31(40)42-33(8,9)10)28(25-17-16-22(3)23(4)18-25)29(38)35-26(30(39)41-32(5,6)7)19-24-14-12-11-13-15-24/h11-18,21,26,28H,19-20H2,1-10H3,(H,34,40)(H,35,38). The smallest absolute Gasteiger partial charge is 0.408 e. The molecule has 3 amide bonds. The molecule has 2 N–H and O–H groups in total. The average molecular weight is 582 g/mol. The number of esters is 1. The van der Waals surface area contributed by atoms with Crippen LogP contribution in [0.5, 0.6) is 0 Å². The van der Waals surface area contributed by atoms with Gasteiger partial charge in [0.2, 0.25) is 11.8 Å². The highest BCUT2D eigenvalue weighted by Crippen LogP contribution is 2.26. The summed E-state index contributed by atoms with van der Waals surface area (Å²) in [6.45, 7) is 17.6. The number of alkyl carbamates (subject to hydrolysis) is 1. The SMILES string of the molecule is Cc1ccc(C(C(=O)NC(Cc2ccccc2)C(=O)OC(C)(C)C)N(C(=O)CNC(=O)OC(C)(C)C)C(C)C)cc1C. The number of hydrogen-bond acceptors (Lipinski definition) is 6. The molecule has 0 saturated heterocycles. The van der Waals surface area contributed by atoms with Gasteiger partial charge in [-0.3, -0.25) is 9.59 Å². The first kappa shape index (κ1) is 34.3. The van der Waals surface area contributed by atoms with Crippen molar-refractivity contribution >= 4 is 23.9 Å². The van der Waals surface area contributed by atoms with Crippen LogP contribution in [0.15, 0.2) is 48.5 Å². The second-order valence-electron chi connectivity index (χ2n) is 12.8. The Bertz CT molecular complexity index is 1240. The number of benzene rings is 2. The predicted molar refractivity (Wildman–Crippen MR) is 163 cm³/mol. The van der Waals surface area contributed by atoms with Crippen molar-refractivity contribution in [1.82, 2.24) is 15.5 Å². The van der Waals surface area contributed by atoms with E-state index in [1.807, 2.05) is 56.3 Å². The van der Waals surface area contributed by atoms with E-state index < -0.39 is 53.2 Å². The molecular weight excluding hydrogens is 534 g/mol. The van der Waals surface area contributed by atoms with E-state index in [4.69, 9.17) is 9.47 Å². The molecular formula is C33H47N3O6. The number of hydrogen-bond donors (Lipinski definition) is 2. The van der Waals surface area contributed by atoms with Gasteiger partial charge in [0, 0.05) is 12.5 Å². The molecule has 0 aliphatic carbocycles. The third-order valence-corrected chi connectivity index (χ3v) is 6.29. The molecule has 0 aliphatic rings. The summed E-state index contributed by atoms with van der Waals surface area (Å²) in [5.74, 6) is -1.59. The van der Waals surface area contributed by atoms with E-state index in [0.29, 0.717) is 5.56 Å². The van der Waals surface area contributed by atoms with Crippen LogP contribution in [-0.4, -0.2) is 58.6 Å². The van der Waals surface area contributed by atoms with Crippen molar-refractivity contribution in [3.8, 4) is 0 Å². The number of carbonyl (C=O) groups is 4. The number of rotatable bonds is 10. The lowest BCUT2D eigenvalue weighted by Gasteiger charge is -2.36. The zero-order valence-electron chi connectivity index (χ0n) is 26.7. The Morgan fingerprint density at radius 1 is 0.833 bits per heavy atom. The first-order valence-corrected chi connectivity index (χ1v) is 14.3. The summed E-state index contributed by atoms with van der Waals surface area (Å²) in [4.78, 5) is 54.8. The summed E-state index contributed by atoms with van der Waals surface area (Å²) in [5, 5.41) is 5.39. The molecule has 42 heavy (non-hydrogen) atoms. The number of carbonyl (C=O) groups excluding carboxylic acids is 4. The zero-order valence-corrected chi connectivity index (χ0v) is 26.7. The molecule has 2 rings (SSSR count). The molecule has 9 nitrogen and oxygen atoms in total. The van der Waals surface area contributed by atoms with Crippen molar-refractivity contribution < 1.29 is 28.7 Å². The Morgan fingerprint density at radius 3 is 1.95 bits per heavy atom. The number of nitrogens with one attached hydrogen (secondary N) is 2. The topological polar surface area (TPSA) is 114 Å². The largest absolute Gasteiger partial charge is 0.458 e. The number of amides is 3. The van der Waals surface area contributed by atoms with Crippen LogP contribution in [0.3, 0.4) is 0 Å². The minimum Gasteiger partial charge on any atom is -0.458 e. The van der Waals surface area contributed by atoms with Gasteiger partial charge in [-0.25, -0.2) is 9.59 Å². The Morgan fingerprint density at radius 2 is 1.43 bits per heavy atom. The first-order valence-electron chi connectivity index (χ1n) is 14.3. The van der Waals surface area contributed by atoms with Crippen molar-refractivity contribution in [2.24, 2.45) is 0 Å². The highest BCUT2D eigenvalue weighted by Gasteiger charge is 2.36. The zero-order chi connectivity index (χ0) is 31.8. The van der Waals surface area contributed by atoms with Crippen LogP contribution in [-0.2, 0) is 30.3 Å². The Balaban J connectivity index is 2.48. The van der Waals surface area contributed by atoms with Gasteiger partial charge < -0.3 is 25.0 Å². The molecule has 0 aromatic heterocycles. The molecule has 0 fully saturated rings. The highest BCUT2D eigenvalue weighted by molar-refractivity contribution is 5.93. The van der Waals surface area contributed by atoms with E-state index in [1.165, 1.54) is 4.90 Å². The van der Waals surface area contributed by atoms with Gasteiger partial charge in [-0.2, -0.15) is 0 Å². The van der Waals surface area contributed by atoms with Crippen molar-refractivity contribution in [3.05, 3.63) is 70.8 Å².